The number of pyridine rings is 1. The van der Waals surface area contributed by atoms with Crippen molar-refractivity contribution in [1.82, 2.24) is 20.3 Å². The van der Waals surface area contributed by atoms with Gasteiger partial charge in [-0.3, -0.25) is 0 Å². The molecule has 0 saturated carbocycles. The zero-order chi connectivity index (χ0) is 15.1. The second-order valence-corrected chi connectivity index (χ2v) is 5.22. The van der Waals surface area contributed by atoms with Gasteiger partial charge in [-0.25, -0.2) is 9.97 Å². The molecule has 0 aliphatic heterocycles. The first-order valence-corrected chi connectivity index (χ1v) is 7.53. The number of aryl methyl sites for hydroxylation is 1. The summed E-state index contributed by atoms with van der Waals surface area (Å²) in [6.45, 7) is 3.54. The number of aromatic nitrogens is 3. The lowest BCUT2D eigenvalue weighted by atomic mass is 10.2. The van der Waals surface area contributed by atoms with Crippen molar-refractivity contribution >= 4 is 11.6 Å². The van der Waals surface area contributed by atoms with Crippen LogP contribution in [0.1, 0.15) is 36.8 Å². The molecule has 0 aromatic carbocycles. The Labute approximate surface area is 130 Å². The highest BCUT2D eigenvalue weighted by atomic mass is 35.5. The summed E-state index contributed by atoms with van der Waals surface area (Å²) in [5.41, 5.74) is 2.05. The number of methoxy groups -OCH3 is 1. The number of nitrogens with one attached hydrogen (secondary N) is 2. The first kappa shape index (κ1) is 15.8. The summed E-state index contributed by atoms with van der Waals surface area (Å²) in [5, 5.41) is 3.90. The Morgan fingerprint density at radius 1 is 1.38 bits per heavy atom. The van der Waals surface area contributed by atoms with E-state index < -0.39 is 0 Å². The second-order valence-electron chi connectivity index (χ2n) is 4.87. The predicted octanol–water partition coefficient (Wildman–Crippen LogP) is 3.10. The average molecular weight is 309 g/mol. The molecule has 2 heterocycles. The summed E-state index contributed by atoms with van der Waals surface area (Å²) in [7, 11) is 1.61. The van der Waals surface area contributed by atoms with Gasteiger partial charge in [0.05, 0.1) is 12.8 Å². The van der Waals surface area contributed by atoms with Crippen molar-refractivity contribution in [3.8, 4) is 5.88 Å². The van der Waals surface area contributed by atoms with Gasteiger partial charge in [0.1, 0.15) is 5.82 Å². The highest BCUT2D eigenvalue weighted by Gasteiger charge is 2.07. The summed E-state index contributed by atoms with van der Waals surface area (Å²) in [6, 6.07) is 3.87. The molecule has 0 atom stereocenters. The summed E-state index contributed by atoms with van der Waals surface area (Å²) in [5.74, 6) is 1.58. The third-order valence-electron chi connectivity index (χ3n) is 3.18. The molecule has 2 N–H and O–H groups in total. The van der Waals surface area contributed by atoms with E-state index in [1.54, 1.807) is 13.3 Å². The van der Waals surface area contributed by atoms with E-state index in [2.05, 4.69) is 27.2 Å². The third kappa shape index (κ3) is 4.72. The van der Waals surface area contributed by atoms with E-state index in [0.717, 1.165) is 42.9 Å². The Kier molecular flexibility index (Phi) is 6.02. The van der Waals surface area contributed by atoms with Crippen molar-refractivity contribution < 1.29 is 4.74 Å². The minimum Gasteiger partial charge on any atom is -0.481 e. The number of ether oxygens (including phenoxy) is 1. The van der Waals surface area contributed by atoms with Crippen molar-refractivity contribution in [3.63, 3.8) is 0 Å². The topological polar surface area (TPSA) is 62.8 Å². The zero-order valence-corrected chi connectivity index (χ0v) is 13.2. The lowest BCUT2D eigenvalue weighted by molar-refractivity contribution is 0.397. The van der Waals surface area contributed by atoms with Gasteiger partial charge in [0.15, 0.2) is 5.15 Å². The van der Waals surface area contributed by atoms with Crippen LogP contribution in [0.15, 0.2) is 18.3 Å². The molecule has 2 rings (SSSR count). The Balaban J connectivity index is 1.86. The molecule has 0 bridgehead atoms. The first-order chi connectivity index (χ1) is 10.2. The number of hydrogen-bond acceptors (Lipinski definition) is 4. The van der Waals surface area contributed by atoms with E-state index in [-0.39, 0.29) is 0 Å². The summed E-state index contributed by atoms with van der Waals surface area (Å²) in [6.07, 6.45) is 4.95. The molecule has 21 heavy (non-hydrogen) atoms. The van der Waals surface area contributed by atoms with Gasteiger partial charge in [-0.2, -0.15) is 0 Å². The number of halogens is 1. The largest absolute Gasteiger partial charge is 0.481 e. The molecule has 114 valence electrons. The smallest absolute Gasteiger partial charge is 0.213 e. The number of imidazole rings is 1. The van der Waals surface area contributed by atoms with Crippen LogP contribution < -0.4 is 10.1 Å². The van der Waals surface area contributed by atoms with Gasteiger partial charge in [0.2, 0.25) is 5.88 Å². The molecule has 0 unspecified atom stereocenters. The van der Waals surface area contributed by atoms with Crippen LogP contribution in [-0.4, -0.2) is 22.1 Å². The van der Waals surface area contributed by atoms with E-state index >= 15 is 0 Å². The molecular weight excluding hydrogens is 288 g/mol. The summed E-state index contributed by atoms with van der Waals surface area (Å²) < 4.78 is 5.10. The number of unbranched alkanes of at least 4 members (excludes halogenated alkanes) is 1. The normalized spacial score (nSPS) is 10.8. The van der Waals surface area contributed by atoms with Gasteiger partial charge < -0.3 is 15.0 Å². The van der Waals surface area contributed by atoms with E-state index in [9.17, 15) is 0 Å². The molecular formula is C15H21ClN4O. The highest BCUT2D eigenvalue weighted by Crippen LogP contribution is 2.14. The predicted molar refractivity (Wildman–Crippen MR) is 83.5 cm³/mol. The summed E-state index contributed by atoms with van der Waals surface area (Å²) in [4.78, 5) is 11.7. The number of H-pyrrole nitrogens is 1. The fourth-order valence-electron chi connectivity index (χ4n) is 2.02. The zero-order valence-electron chi connectivity index (χ0n) is 12.4. The monoisotopic (exact) mass is 308 g/mol. The molecule has 5 nitrogen and oxygen atoms in total. The molecule has 0 spiro atoms. The lowest BCUT2D eigenvalue weighted by Gasteiger charge is -2.05. The van der Waals surface area contributed by atoms with Crippen LogP contribution in [0.2, 0.25) is 5.15 Å². The van der Waals surface area contributed by atoms with Crippen molar-refractivity contribution in [1.29, 1.82) is 0 Å². The first-order valence-electron chi connectivity index (χ1n) is 7.15. The quantitative estimate of drug-likeness (QED) is 0.786. The molecule has 0 aliphatic rings. The Morgan fingerprint density at radius 3 is 3.00 bits per heavy atom. The van der Waals surface area contributed by atoms with E-state index in [1.807, 2.05) is 12.1 Å². The Hall–Kier alpha value is -1.59. The fraction of sp³-hybridized carbons (Fsp3) is 0.467. The maximum Gasteiger partial charge on any atom is 0.213 e. The molecule has 0 amide bonds. The van der Waals surface area contributed by atoms with Crippen LogP contribution in [-0.2, 0) is 19.5 Å². The van der Waals surface area contributed by atoms with Crippen LogP contribution >= 0.6 is 11.6 Å². The van der Waals surface area contributed by atoms with Gasteiger partial charge >= 0.3 is 0 Å². The van der Waals surface area contributed by atoms with E-state index in [1.165, 1.54) is 0 Å². The molecule has 0 radical (unpaired) electrons. The lowest BCUT2D eigenvalue weighted by Crippen LogP contribution is -2.13. The number of aromatic amines is 1. The van der Waals surface area contributed by atoms with Gasteiger partial charge in [0, 0.05) is 31.8 Å². The molecule has 2 aromatic heterocycles. The van der Waals surface area contributed by atoms with Gasteiger partial charge in [-0.05, 0) is 18.1 Å². The van der Waals surface area contributed by atoms with Crippen molar-refractivity contribution in [2.45, 2.75) is 39.3 Å². The van der Waals surface area contributed by atoms with E-state index in [0.29, 0.717) is 17.6 Å². The second kappa shape index (κ2) is 8.00. The number of nitrogens with zero attached hydrogens (tertiary/aromatic N) is 2. The standard InChI is InChI=1S/C15H21ClN4O/c1-3-4-5-13-19-12(15(16)20-13)10-17-9-11-6-7-18-14(8-11)21-2/h6-8,17H,3-5,9-10H2,1-2H3,(H,19,20). The Morgan fingerprint density at radius 2 is 2.24 bits per heavy atom. The molecule has 0 saturated heterocycles. The number of hydrogen-bond donors (Lipinski definition) is 2. The number of rotatable bonds is 8. The Bertz CT molecular complexity index is 571. The van der Waals surface area contributed by atoms with Crippen LogP contribution in [0.25, 0.3) is 0 Å². The van der Waals surface area contributed by atoms with Gasteiger partial charge in [-0.1, -0.05) is 24.9 Å². The maximum absolute atomic E-state index is 6.14. The van der Waals surface area contributed by atoms with Crippen LogP contribution in [0, 0.1) is 0 Å². The minimum atomic E-state index is 0.556. The molecule has 6 heteroatoms. The fourth-order valence-corrected chi connectivity index (χ4v) is 2.24. The summed E-state index contributed by atoms with van der Waals surface area (Å²) >= 11 is 6.14. The molecule has 0 aliphatic carbocycles. The van der Waals surface area contributed by atoms with E-state index in [4.69, 9.17) is 16.3 Å². The van der Waals surface area contributed by atoms with Crippen molar-refractivity contribution in [3.05, 3.63) is 40.6 Å². The van der Waals surface area contributed by atoms with Gasteiger partial charge in [-0.15, -0.1) is 0 Å². The van der Waals surface area contributed by atoms with Crippen molar-refractivity contribution in [2.24, 2.45) is 0 Å². The van der Waals surface area contributed by atoms with Crippen LogP contribution in [0.5, 0.6) is 5.88 Å². The highest BCUT2D eigenvalue weighted by molar-refractivity contribution is 6.30. The average Bonchev–Trinajstić information content (AvgIpc) is 2.86. The third-order valence-corrected chi connectivity index (χ3v) is 3.50. The maximum atomic E-state index is 6.14. The minimum absolute atomic E-state index is 0.556. The van der Waals surface area contributed by atoms with Crippen molar-refractivity contribution in [2.75, 3.05) is 7.11 Å². The molecule has 2 aromatic rings. The van der Waals surface area contributed by atoms with Gasteiger partial charge in [0.25, 0.3) is 0 Å². The van der Waals surface area contributed by atoms with Crippen LogP contribution in [0.3, 0.4) is 0 Å². The molecule has 0 fully saturated rings. The SMILES string of the molecule is CCCCc1nc(Cl)c(CNCc2ccnc(OC)c2)[nH]1. The van der Waals surface area contributed by atoms with Crippen LogP contribution in [0.4, 0.5) is 0 Å².